The molecule has 2 aromatic carbocycles. The quantitative estimate of drug-likeness (QED) is 0.526. The van der Waals surface area contributed by atoms with E-state index in [4.69, 9.17) is 4.74 Å². The van der Waals surface area contributed by atoms with Gasteiger partial charge in [0.1, 0.15) is 11.6 Å². The van der Waals surface area contributed by atoms with Crippen LogP contribution in [0, 0.1) is 5.82 Å². The van der Waals surface area contributed by atoms with Crippen LogP contribution in [0.2, 0.25) is 0 Å². The molecule has 0 radical (unpaired) electrons. The maximum absolute atomic E-state index is 13.4. The average molecular weight is 493 g/mol. The van der Waals surface area contributed by atoms with Gasteiger partial charge >= 0.3 is 0 Å². The van der Waals surface area contributed by atoms with E-state index in [1.54, 1.807) is 41.3 Å². The molecule has 2 fully saturated rings. The Morgan fingerprint density at radius 3 is 2.72 bits per heavy atom. The minimum Gasteiger partial charge on any atom is -0.379 e. The largest absolute Gasteiger partial charge is 0.379 e. The number of hydrogen-bond acceptors (Lipinski definition) is 6. The third kappa shape index (κ3) is 5.77. The molecule has 0 unspecified atom stereocenters. The first-order valence-corrected chi connectivity index (χ1v) is 12.2. The first-order chi connectivity index (χ1) is 17.5. The summed E-state index contributed by atoms with van der Waals surface area (Å²) in [6.07, 6.45) is 2.13. The fraction of sp³-hybridized carbons (Fsp3) is 0.385. The second kappa shape index (κ2) is 11.0. The molecular formula is C26H29FN6O3. The molecule has 2 N–H and O–H groups in total. The zero-order valence-electron chi connectivity index (χ0n) is 20.0. The van der Waals surface area contributed by atoms with E-state index in [0.717, 1.165) is 31.5 Å². The Labute approximate surface area is 208 Å². The average Bonchev–Trinajstić information content (AvgIpc) is 3.55. The summed E-state index contributed by atoms with van der Waals surface area (Å²) in [5, 5.41) is 10.2. The van der Waals surface area contributed by atoms with Crippen molar-refractivity contribution >= 4 is 17.5 Å². The van der Waals surface area contributed by atoms with Crippen molar-refractivity contribution in [1.29, 1.82) is 0 Å². The molecule has 1 aromatic heterocycles. The number of amides is 2. The molecule has 2 amide bonds. The highest BCUT2D eigenvalue weighted by molar-refractivity contribution is 5.97. The maximum atomic E-state index is 13.4. The van der Waals surface area contributed by atoms with E-state index in [0.29, 0.717) is 55.6 Å². The molecular weight excluding hydrogens is 463 g/mol. The van der Waals surface area contributed by atoms with Crippen LogP contribution in [0.3, 0.4) is 0 Å². The summed E-state index contributed by atoms with van der Waals surface area (Å²) in [5.41, 5.74) is 2.02. The van der Waals surface area contributed by atoms with Crippen molar-refractivity contribution in [1.82, 2.24) is 25.0 Å². The smallest absolute Gasteiger partial charge is 0.254 e. The van der Waals surface area contributed by atoms with Gasteiger partial charge in [0.05, 0.1) is 25.8 Å². The Morgan fingerprint density at radius 2 is 1.92 bits per heavy atom. The van der Waals surface area contributed by atoms with Gasteiger partial charge in [-0.1, -0.05) is 18.2 Å². The molecule has 1 atom stereocenters. The highest BCUT2D eigenvalue weighted by atomic mass is 19.1. The van der Waals surface area contributed by atoms with E-state index < -0.39 is 0 Å². The van der Waals surface area contributed by atoms with Crippen LogP contribution in [0.25, 0.3) is 0 Å². The van der Waals surface area contributed by atoms with Crippen molar-refractivity contribution in [2.45, 2.75) is 25.3 Å². The number of nitrogens with one attached hydrogen (secondary N) is 2. The Balaban J connectivity index is 1.23. The normalized spacial score (nSPS) is 18.4. The van der Waals surface area contributed by atoms with E-state index in [-0.39, 0.29) is 23.7 Å². The van der Waals surface area contributed by atoms with Crippen molar-refractivity contribution < 1.29 is 18.7 Å². The lowest BCUT2D eigenvalue weighted by Gasteiger charge is -2.26. The second-order valence-electron chi connectivity index (χ2n) is 9.12. The minimum absolute atomic E-state index is 0.116. The molecule has 0 saturated carbocycles. The van der Waals surface area contributed by atoms with Gasteiger partial charge in [0.25, 0.3) is 5.91 Å². The molecule has 36 heavy (non-hydrogen) atoms. The summed E-state index contributed by atoms with van der Waals surface area (Å²) in [6.45, 7) is 3.63. The monoisotopic (exact) mass is 492 g/mol. The van der Waals surface area contributed by atoms with Crippen LogP contribution < -0.4 is 5.32 Å². The number of halogens is 1. The van der Waals surface area contributed by atoms with E-state index in [2.05, 4.69) is 20.5 Å². The fourth-order valence-electron chi connectivity index (χ4n) is 4.67. The zero-order chi connectivity index (χ0) is 24.9. The predicted molar refractivity (Wildman–Crippen MR) is 131 cm³/mol. The number of morpholine rings is 1. The Kier molecular flexibility index (Phi) is 7.33. The van der Waals surface area contributed by atoms with Crippen molar-refractivity contribution in [2.75, 3.05) is 44.7 Å². The topological polar surface area (TPSA) is 103 Å². The highest BCUT2D eigenvalue weighted by Crippen LogP contribution is 2.31. The minimum atomic E-state index is -0.280. The molecule has 10 heteroatoms. The number of likely N-dealkylation sites (tertiary alicyclic amines) is 1. The molecule has 0 spiro atoms. The summed E-state index contributed by atoms with van der Waals surface area (Å²) < 4.78 is 18.5. The number of nitrogens with zero attached hydrogens (tertiary/aromatic N) is 4. The zero-order valence-corrected chi connectivity index (χ0v) is 20.0. The van der Waals surface area contributed by atoms with Gasteiger partial charge in [-0.2, -0.15) is 5.10 Å². The van der Waals surface area contributed by atoms with Crippen molar-refractivity contribution in [2.24, 2.45) is 0 Å². The van der Waals surface area contributed by atoms with E-state index in [1.807, 2.05) is 4.90 Å². The summed E-state index contributed by atoms with van der Waals surface area (Å²) in [5.74, 6) is 0.730. The number of benzene rings is 2. The molecule has 188 valence electrons. The first kappa shape index (κ1) is 24.1. The molecule has 9 nitrogen and oxygen atoms in total. The van der Waals surface area contributed by atoms with Crippen LogP contribution in [-0.2, 0) is 16.0 Å². The number of carbonyl (C=O) groups is 2. The van der Waals surface area contributed by atoms with Gasteiger partial charge in [0, 0.05) is 37.3 Å². The Bertz CT molecular complexity index is 1210. The van der Waals surface area contributed by atoms with Gasteiger partial charge in [-0.25, -0.2) is 9.37 Å². The van der Waals surface area contributed by atoms with E-state index in [9.17, 15) is 14.0 Å². The van der Waals surface area contributed by atoms with Crippen LogP contribution >= 0.6 is 0 Å². The van der Waals surface area contributed by atoms with Crippen molar-refractivity contribution in [3.05, 3.63) is 77.1 Å². The van der Waals surface area contributed by atoms with Crippen LogP contribution in [0.4, 0.5) is 10.1 Å². The molecule has 0 bridgehead atoms. The van der Waals surface area contributed by atoms with Gasteiger partial charge < -0.3 is 15.0 Å². The number of ether oxygens (including phenoxy) is 1. The molecule has 2 saturated heterocycles. The molecule has 5 rings (SSSR count). The third-order valence-corrected chi connectivity index (χ3v) is 6.51. The van der Waals surface area contributed by atoms with Gasteiger partial charge in [0.15, 0.2) is 5.82 Å². The molecule has 0 aliphatic carbocycles. The summed E-state index contributed by atoms with van der Waals surface area (Å²) in [6, 6.07) is 13.1. The molecule has 2 aliphatic rings. The van der Waals surface area contributed by atoms with Crippen LogP contribution in [0.1, 0.15) is 46.5 Å². The maximum Gasteiger partial charge on any atom is 0.254 e. The number of anilines is 1. The van der Waals surface area contributed by atoms with Crippen LogP contribution in [0.5, 0.6) is 0 Å². The van der Waals surface area contributed by atoms with Crippen LogP contribution in [-0.4, -0.2) is 76.2 Å². The van der Waals surface area contributed by atoms with E-state index in [1.165, 1.54) is 12.1 Å². The number of carbonyl (C=O) groups excluding carboxylic acids is 2. The number of aromatic amines is 1. The summed E-state index contributed by atoms with van der Waals surface area (Å²) in [7, 11) is 0. The van der Waals surface area contributed by atoms with Gasteiger partial charge in [0.2, 0.25) is 5.91 Å². The number of H-pyrrole nitrogens is 1. The second-order valence-corrected chi connectivity index (χ2v) is 9.12. The number of hydrogen-bond donors (Lipinski definition) is 2. The molecule has 2 aliphatic heterocycles. The van der Waals surface area contributed by atoms with Crippen LogP contribution in [0.15, 0.2) is 48.5 Å². The molecule has 3 aromatic rings. The lowest BCUT2D eigenvalue weighted by Crippen LogP contribution is -2.41. The SMILES string of the molecule is O=C(CN1CCOCC1)Nc1cccc(C(=O)N2CCC[C@@H]2c2n[nH]c(Cc3ccc(F)cc3)n2)c1. The van der Waals surface area contributed by atoms with Gasteiger partial charge in [-0.3, -0.25) is 19.6 Å². The first-order valence-electron chi connectivity index (χ1n) is 12.2. The fourth-order valence-corrected chi connectivity index (χ4v) is 4.67. The summed E-state index contributed by atoms with van der Waals surface area (Å²) in [4.78, 5) is 34.3. The lowest BCUT2D eigenvalue weighted by molar-refractivity contribution is -0.118. The standard InChI is InChI=1S/C26H29FN6O3/c27-20-8-6-18(7-9-20)15-23-29-25(31-30-23)22-5-2-10-33(22)26(35)19-3-1-4-21(16-19)28-24(34)17-32-11-13-36-14-12-32/h1,3-4,6-9,16,22H,2,5,10-15,17H2,(H,28,34)(H,29,30,31)/t22-/m1/s1. The van der Waals surface area contributed by atoms with Crippen molar-refractivity contribution in [3.63, 3.8) is 0 Å². The molecule has 3 heterocycles. The Morgan fingerprint density at radius 1 is 1.11 bits per heavy atom. The lowest BCUT2D eigenvalue weighted by atomic mass is 10.1. The summed E-state index contributed by atoms with van der Waals surface area (Å²) >= 11 is 0. The van der Waals surface area contributed by atoms with E-state index >= 15 is 0 Å². The van der Waals surface area contributed by atoms with Crippen molar-refractivity contribution in [3.8, 4) is 0 Å². The predicted octanol–water partition coefficient (Wildman–Crippen LogP) is 2.78. The van der Waals surface area contributed by atoms with Gasteiger partial charge in [-0.15, -0.1) is 0 Å². The number of aromatic nitrogens is 3. The Hall–Kier alpha value is -3.63. The third-order valence-electron chi connectivity index (χ3n) is 6.51. The highest BCUT2D eigenvalue weighted by Gasteiger charge is 2.33. The van der Waals surface area contributed by atoms with Gasteiger partial charge in [-0.05, 0) is 48.7 Å². The number of rotatable bonds is 7.